The molecular formula is C21H22N4O2. The highest BCUT2D eigenvalue weighted by atomic mass is 16.5. The maximum atomic E-state index is 12.2. The topological polar surface area (TPSA) is 76.1 Å². The van der Waals surface area contributed by atoms with Gasteiger partial charge in [-0.2, -0.15) is 0 Å². The molecule has 0 aliphatic carbocycles. The first kappa shape index (κ1) is 18.4. The third-order valence-electron chi connectivity index (χ3n) is 3.85. The van der Waals surface area contributed by atoms with Gasteiger partial charge in [0.15, 0.2) is 0 Å². The summed E-state index contributed by atoms with van der Waals surface area (Å²) in [5, 5.41) is 6.47. The lowest BCUT2D eigenvalue weighted by atomic mass is 10.2. The number of para-hydroxylation sites is 1. The van der Waals surface area contributed by atoms with Gasteiger partial charge >= 0.3 is 5.97 Å². The van der Waals surface area contributed by atoms with Crippen LogP contribution in [0.3, 0.4) is 0 Å². The molecule has 27 heavy (non-hydrogen) atoms. The fraction of sp³-hybridized carbons (Fsp3) is 0.190. The normalized spacial score (nSPS) is 10.3. The molecule has 3 rings (SSSR count). The van der Waals surface area contributed by atoms with Crippen LogP contribution < -0.4 is 10.6 Å². The summed E-state index contributed by atoms with van der Waals surface area (Å²) >= 11 is 0. The molecule has 0 saturated heterocycles. The second kappa shape index (κ2) is 8.31. The predicted octanol–water partition coefficient (Wildman–Crippen LogP) is 4.76. The number of hydrogen-bond donors (Lipinski definition) is 2. The molecule has 0 amide bonds. The maximum absolute atomic E-state index is 12.2. The van der Waals surface area contributed by atoms with E-state index in [0.717, 1.165) is 5.69 Å². The van der Waals surface area contributed by atoms with Crippen molar-refractivity contribution in [1.82, 2.24) is 9.97 Å². The van der Waals surface area contributed by atoms with Gasteiger partial charge in [0.25, 0.3) is 0 Å². The van der Waals surface area contributed by atoms with Crippen molar-refractivity contribution in [2.75, 3.05) is 17.2 Å². The van der Waals surface area contributed by atoms with Crippen molar-refractivity contribution in [2.45, 2.75) is 20.8 Å². The summed E-state index contributed by atoms with van der Waals surface area (Å²) in [5.41, 5.74) is 3.23. The van der Waals surface area contributed by atoms with Gasteiger partial charge in [0.05, 0.1) is 17.9 Å². The first-order valence-corrected chi connectivity index (χ1v) is 8.77. The Morgan fingerprint density at radius 1 is 0.963 bits per heavy atom. The van der Waals surface area contributed by atoms with Gasteiger partial charge in [0, 0.05) is 11.8 Å². The second-order valence-corrected chi connectivity index (χ2v) is 6.07. The van der Waals surface area contributed by atoms with E-state index in [2.05, 4.69) is 20.6 Å². The number of esters is 1. The lowest BCUT2D eigenvalue weighted by molar-refractivity contribution is 0.0527. The van der Waals surface area contributed by atoms with Crippen molar-refractivity contribution in [3.63, 3.8) is 0 Å². The number of nitrogens with zero attached hydrogens (tertiary/aromatic N) is 2. The van der Waals surface area contributed by atoms with E-state index in [9.17, 15) is 4.79 Å². The van der Waals surface area contributed by atoms with Crippen LogP contribution in [0.5, 0.6) is 0 Å². The van der Waals surface area contributed by atoms with Crippen molar-refractivity contribution >= 4 is 29.0 Å². The molecule has 0 spiro atoms. The molecule has 6 heteroatoms. The Kier molecular flexibility index (Phi) is 5.66. The third kappa shape index (κ3) is 4.82. The molecule has 0 atom stereocenters. The molecule has 0 unspecified atom stereocenters. The van der Waals surface area contributed by atoms with Gasteiger partial charge in [-0.25, -0.2) is 14.8 Å². The van der Waals surface area contributed by atoms with Crippen LogP contribution in [0.2, 0.25) is 0 Å². The van der Waals surface area contributed by atoms with Crippen LogP contribution in [0, 0.1) is 13.8 Å². The van der Waals surface area contributed by atoms with Gasteiger partial charge in [0.2, 0.25) is 0 Å². The van der Waals surface area contributed by atoms with Crippen molar-refractivity contribution in [1.29, 1.82) is 0 Å². The summed E-state index contributed by atoms with van der Waals surface area (Å²) in [4.78, 5) is 21.0. The van der Waals surface area contributed by atoms with E-state index >= 15 is 0 Å². The first-order chi connectivity index (χ1) is 13.0. The van der Waals surface area contributed by atoms with Crippen LogP contribution >= 0.6 is 0 Å². The highest BCUT2D eigenvalue weighted by molar-refractivity contribution is 5.96. The lowest BCUT2D eigenvalue weighted by Gasteiger charge is -2.13. The van der Waals surface area contributed by atoms with E-state index in [-0.39, 0.29) is 5.97 Å². The third-order valence-corrected chi connectivity index (χ3v) is 3.85. The molecule has 0 saturated carbocycles. The van der Waals surface area contributed by atoms with Gasteiger partial charge in [-0.05, 0) is 45.0 Å². The Hall–Kier alpha value is -3.41. The van der Waals surface area contributed by atoms with Crippen LogP contribution in [0.15, 0.2) is 54.6 Å². The molecule has 3 aromatic rings. The molecule has 138 valence electrons. The van der Waals surface area contributed by atoms with E-state index in [1.54, 1.807) is 25.1 Å². The van der Waals surface area contributed by atoms with Crippen LogP contribution in [0.4, 0.5) is 23.0 Å². The van der Waals surface area contributed by atoms with Gasteiger partial charge < -0.3 is 15.4 Å². The van der Waals surface area contributed by atoms with Gasteiger partial charge in [-0.15, -0.1) is 0 Å². The van der Waals surface area contributed by atoms with Gasteiger partial charge in [0.1, 0.15) is 17.5 Å². The molecule has 0 fully saturated rings. The molecule has 2 aromatic carbocycles. The zero-order valence-electron chi connectivity index (χ0n) is 15.6. The number of benzene rings is 2. The number of rotatable bonds is 6. The maximum Gasteiger partial charge on any atom is 0.340 e. The monoisotopic (exact) mass is 362 g/mol. The van der Waals surface area contributed by atoms with E-state index in [1.807, 2.05) is 50.2 Å². The van der Waals surface area contributed by atoms with Gasteiger partial charge in [-0.3, -0.25) is 0 Å². The summed E-state index contributed by atoms with van der Waals surface area (Å²) < 4.78 is 5.12. The summed E-state index contributed by atoms with van der Waals surface area (Å²) in [6, 6.07) is 17.0. The van der Waals surface area contributed by atoms with Crippen LogP contribution in [0.25, 0.3) is 0 Å². The Balaban J connectivity index is 1.85. The summed E-state index contributed by atoms with van der Waals surface area (Å²) in [6.45, 7) is 5.97. The minimum absolute atomic E-state index is 0.324. The summed E-state index contributed by atoms with van der Waals surface area (Å²) in [6.07, 6.45) is 0. The van der Waals surface area contributed by atoms with E-state index in [1.165, 1.54) is 5.56 Å². The molecule has 0 radical (unpaired) electrons. The van der Waals surface area contributed by atoms with Crippen molar-refractivity contribution < 1.29 is 9.53 Å². The Morgan fingerprint density at radius 2 is 1.63 bits per heavy atom. The van der Waals surface area contributed by atoms with E-state index < -0.39 is 0 Å². The SMILES string of the molecule is CCOC(=O)c1ccccc1Nc1cc(Nc2ccc(C)cc2)nc(C)n1. The minimum atomic E-state index is -0.371. The number of nitrogens with one attached hydrogen (secondary N) is 2. The van der Waals surface area contributed by atoms with Crippen molar-refractivity contribution in [3.05, 3.63) is 71.5 Å². The quantitative estimate of drug-likeness (QED) is 0.616. The number of carbonyl (C=O) groups is 1. The molecule has 1 aromatic heterocycles. The zero-order valence-corrected chi connectivity index (χ0v) is 15.6. The fourth-order valence-electron chi connectivity index (χ4n) is 2.60. The van der Waals surface area contributed by atoms with Crippen LogP contribution in [0.1, 0.15) is 28.7 Å². The number of carbonyl (C=O) groups excluding carboxylic acids is 1. The number of hydrogen-bond acceptors (Lipinski definition) is 6. The first-order valence-electron chi connectivity index (χ1n) is 8.77. The molecule has 0 aliphatic heterocycles. The largest absolute Gasteiger partial charge is 0.462 e. The van der Waals surface area contributed by atoms with Crippen molar-refractivity contribution in [2.24, 2.45) is 0 Å². The predicted molar refractivity (Wildman–Crippen MR) is 107 cm³/mol. The minimum Gasteiger partial charge on any atom is -0.462 e. The molecule has 0 bridgehead atoms. The average Bonchev–Trinajstić information content (AvgIpc) is 2.64. The van der Waals surface area contributed by atoms with E-state index in [4.69, 9.17) is 4.74 Å². The van der Waals surface area contributed by atoms with Crippen molar-refractivity contribution in [3.8, 4) is 0 Å². The standard InChI is InChI=1S/C21H22N4O2/c1-4-27-21(26)17-7-5-6-8-18(17)25-20-13-19(22-15(3)23-20)24-16-11-9-14(2)10-12-16/h5-13H,4H2,1-3H3,(H2,22,23,24,25). The van der Waals surface area contributed by atoms with Crippen LogP contribution in [-0.4, -0.2) is 22.5 Å². The number of aromatic nitrogens is 2. The fourth-order valence-corrected chi connectivity index (χ4v) is 2.60. The number of anilines is 4. The smallest absolute Gasteiger partial charge is 0.340 e. The number of aryl methyl sites for hydroxylation is 2. The average molecular weight is 362 g/mol. The summed E-state index contributed by atoms with van der Waals surface area (Å²) in [7, 11) is 0. The Morgan fingerprint density at radius 3 is 2.33 bits per heavy atom. The zero-order chi connectivity index (χ0) is 19.2. The second-order valence-electron chi connectivity index (χ2n) is 6.07. The lowest BCUT2D eigenvalue weighted by Crippen LogP contribution is -2.09. The molecule has 0 aliphatic rings. The molecular weight excluding hydrogens is 340 g/mol. The van der Waals surface area contributed by atoms with E-state index in [0.29, 0.717) is 35.3 Å². The highest BCUT2D eigenvalue weighted by Gasteiger charge is 2.13. The van der Waals surface area contributed by atoms with Gasteiger partial charge in [-0.1, -0.05) is 29.8 Å². The Labute approximate surface area is 158 Å². The Bertz CT molecular complexity index is 939. The molecule has 6 nitrogen and oxygen atoms in total. The highest BCUT2D eigenvalue weighted by Crippen LogP contribution is 2.23. The number of ether oxygens (including phenoxy) is 1. The van der Waals surface area contributed by atoms with Crippen LogP contribution in [-0.2, 0) is 4.74 Å². The summed E-state index contributed by atoms with van der Waals surface area (Å²) in [5.74, 6) is 1.50. The molecule has 2 N–H and O–H groups in total. The molecule has 1 heterocycles.